The van der Waals surface area contributed by atoms with Gasteiger partial charge in [-0.25, -0.2) is 4.79 Å². The van der Waals surface area contributed by atoms with Gasteiger partial charge in [0.25, 0.3) is 0 Å². The van der Waals surface area contributed by atoms with E-state index in [1.807, 2.05) is 6.07 Å². The highest BCUT2D eigenvalue weighted by molar-refractivity contribution is 5.89. The van der Waals surface area contributed by atoms with E-state index in [1.165, 1.54) is 12.2 Å². The molecule has 7 heteroatoms. The Morgan fingerprint density at radius 2 is 1.80 bits per heavy atom. The van der Waals surface area contributed by atoms with Crippen molar-refractivity contribution in [3.05, 3.63) is 54.1 Å². The van der Waals surface area contributed by atoms with E-state index in [0.717, 1.165) is 12.7 Å². The van der Waals surface area contributed by atoms with Crippen molar-refractivity contribution in [2.24, 2.45) is 5.92 Å². The quantitative estimate of drug-likeness (QED) is 0.619. The number of hydrogen-bond acceptors (Lipinski definition) is 3. The van der Waals surface area contributed by atoms with Crippen molar-refractivity contribution < 1.29 is 27.5 Å². The molecule has 0 unspecified atom stereocenters. The van der Waals surface area contributed by atoms with Gasteiger partial charge in [0.2, 0.25) is 0 Å². The standard InChI is InChI=1S/C18H18F3NO3/c1-12-8-10-15(16(23)25-2)22(17(24)18(19,20)21)14(12)11-9-13-6-4-3-5-7-13/h3-12,14-15H,1-2H3/b11-9-/t12-,14+,15-/m0/s1. The maximum Gasteiger partial charge on any atom is 0.471 e. The molecule has 134 valence electrons. The molecule has 2 rings (SSSR count). The Kier molecular flexibility index (Phi) is 5.66. The summed E-state index contributed by atoms with van der Waals surface area (Å²) in [6.07, 6.45) is 0.930. The first-order valence-electron chi connectivity index (χ1n) is 7.64. The first kappa shape index (κ1) is 18.8. The summed E-state index contributed by atoms with van der Waals surface area (Å²) in [6.45, 7) is 1.68. The molecule has 1 aromatic carbocycles. The van der Waals surface area contributed by atoms with Gasteiger partial charge in [-0.05, 0) is 11.5 Å². The third-order valence-electron chi connectivity index (χ3n) is 3.96. The Hall–Kier alpha value is -2.57. The van der Waals surface area contributed by atoms with E-state index < -0.39 is 36.1 Å². The lowest BCUT2D eigenvalue weighted by Crippen LogP contribution is -2.57. The highest BCUT2D eigenvalue weighted by Crippen LogP contribution is 2.30. The number of esters is 1. The van der Waals surface area contributed by atoms with E-state index in [4.69, 9.17) is 0 Å². The number of hydrogen-bond donors (Lipinski definition) is 0. The molecule has 4 nitrogen and oxygen atoms in total. The molecule has 0 aliphatic carbocycles. The van der Waals surface area contributed by atoms with Crippen LogP contribution < -0.4 is 0 Å². The summed E-state index contributed by atoms with van der Waals surface area (Å²) < 4.78 is 43.7. The summed E-state index contributed by atoms with van der Waals surface area (Å²) in [5.74, 6) is -3.38. The summed E-state index contributed by atoms with van der Waals surface area (Å²) in [5.41, 5.74) is 0.776. The average Bonchev–Trinajstić information content (AvgIpc) is 2.59. The van der Waals surface area contributed by atoms with Crippen molar-refractivity contribution in [2.45, 2.75) is 25.2 Å². The maximum atomic E-state index is 13.0. The summed E-state index contributed by atoms with van der Waals surface area (Å²) in [4.78, 5) is 24.4. The topological polar surface area (TPSA) is 46.6 Å². The Morgan fingerprint density at radius 1 is 1.16 bits per heavy atom. The monoisotopic (exact) mass is 353 g/mol. The number of benzene rings is 1. The van der Waals surface area contributed by atoms with Crippen LogP contribution in [0.4, 0.5) is 13.2 Å². The predicted molar refractivity (Wildman–Crippen MR) is 86.3 cm³/mol. The fourth-order valence-electron chi connectivity index (χ4n) is 2.69. The number of alkyl halides is 3. The van der Waals surface area contributed by atoms with Gasteiger partial charge in [-0.15, -0.1) is 0 Å². The van der Waals surface area contributed by atoms with Crippen molar-refractivity contribution in [1.82, 2.24) is 4.90 Å². The van der Waals surface area contributed by atoms with Gasteiger partial charge >= 0.3 is 18.1 Å². The number of ether oxygens (including phenoxy) is 1. The maximum absolute atomic E-state index is 13.0. The summed E-state index contributed by atoms with van der Waals surface area (Å²) in [7, 11) is 1.07. The lowest BCUT2D eigenvalue weighted by atomic mass is 9.91. The van der Waals surface area contributed by atoms with Crippen molar-refractivity contribution in [3.8, 4) is 0 Å². The largest absolute Gasteiger partial charge is 0.471 e. The lowest BCUT2D eigenvalue weighted by Gasteiger charge is -2.39. The van der Waals surface area contributed by atoms with Crippen molar-refractivity contribution >= 4 is 18.0 Å². The van der Waals surface area contributed by atoms with Crippen LogP contribution in [0.25, 0.3) is 6.08 Å². The highest BCUT2D eigenvalue weighted by atomic mass is 19.4. The SMILES string of the molecule is COC(=O)[C@@H]1C=C[C@H](C)[C@@H](/C=C\c2ccccc2)N1C(=O)C(F)(F)F. The van der Waals surface area contributed by atoms with Crippen LogP contribution in [-0.4, -0.2) is 42.1 Å². The fourth-order valence-corrected chi connectivity index (χ4v) is 2.69. The van der Waals surface area contributed by atoms with Crippen LogP contribution in [0.1, 0.15) is 12.5 Å². The first-order chi connectivity index (χ1) is 11.8. The Labute approximate surface area is 143 Å². The van der Waals surface area contributed by atoms with Crippen molar-refractivity contribution in [3.63, 3.8) is 0 Å². The molecule has 25 heavy (non-hydrogen) atoms. The molecule has 0 radical (unpaired) electrons. The van der Waals surface area contributed by atoms with E-state index in [9.17, 15) is 22.8 Å². The number of methoxy groups -OCH3 is 1. The number of rotatable bonds is 3. The summed E-state index contributed by atoms with van der Waals surface area (Å²) in [6, 6.07) is 6.63. The smallest absolute Gasteiger partial charge is 0.467 e. The van der Waals surface area contributed by atoms with Crippen LogP contribution in [0.2, 0.25) is 0 Å². The molecule has 0 saturated heterocycles. The number of carbonyl (C=O) groups excluding carboxylic acids is 2. The second-order valence-corrected chi connectivity index (χ2v) is 5.68. The third-order valence-corrected chi connectivity index (χ3v) is 3.96. The summed E-state index contributed by atoms with van der Waals surface area (Å²) >= 11 is 0. The Morgan fingerprint density at radius 3 is 2.36 bits per heavy atom. The minimum absolute atomic E-state index is 0.396. The molecule has 0 aromatic heterocycles. The van der Waals surface area contributed by atoms with E-state index >= 15 is 0 Å². The first-order valence-corrected chi connectivity index (χ1v) is 7.64. The molecular formula is C18H18F3NO3. The predicted octanol–water partition coefficient (Wildman–Crippen LogP) is 3.21. The van der Waals surface area contributed by atoms with Gasteiger partial charge in [0.05, 0.1) is 13.2 Å². The van der Waals surface area contributed by atoms with E-state index in [1.54, 1.807) is 43.3 Å². The second-order valence-electron chi connectivity index (χ2n) is 5.68. The van der Waals surface area contributed by atoms with Crippen molar-refractivity contribution in [1.29, 1.82) is 0 Å². The van der Waals surface area contributed by atoms with Crippen molar-refractivity contribution in [2.75, 3.05) is 7.11 Å². The molecular weight excluding hydrogens is 335 g/mol. The summed E-state index contributed by atoms with van der Waals surface area (Å²) in [5, 5.41) is 0. The average molecular weight is 353 g/mol. The van der Waals surface area contributed by atoms with Gasteiger partial charge in [0.15, 0.2) is 0 Å². The number of halogens is 3. The molecule has 1 amide bonds. The van der Waals surface area contributed by atoms with E-state index in [2.05, 4.69) is 4.74 Å². The van der Waals surface area contributed by atoms with Crippen LogP contribution in [0.15, 0.2) is 48.6 Å². The minimum atomic E-state index is -5.09. The number of amides is 1. The zero-order valence-electron chi connectivity index (χ0n) is 13.7. The van der Waals surface area contributed by atoms with Crippen LogP contribution in [0.5, 0.6) is 0 Å². The van der Waals surface area contributed by atoms with Crippen LogP contribution in [-0.2, 0) is 14.3 Å². The Bertz CT molecular complexity index is 683. The molecule has 1 aliphatic heterocycles. The van der Waals surface area contributed by atoms with Gasteiger partial charge in [-0.2, -0.15) is 13.2 Å². The molecule has 1 aromatic rings. The normalized spacial score (nSPS) is 23.7. The second kappa shape index (κ2) is 7.55. The molecule has 1 heterocycles. The lowest BCUT2D eigenvalue weighted by molar-refractivity contribution is -0.191. The molecule has 0 saturated carbocycles. The molecule has 0 N–H and O–H groups in total. The van der Waals surface area contributed by atoms with E-state index in [-0.39, 0.29) is 0 Å². The zero-order chi connectivity index (χ0) is 18.6. The van der Waals surface area contributed by atoms with Gasteiger partial charge < -0.3 is 9.64 Å². The van der Waals surface area contributed by atoms with Crippen LogP contribution in [0, 0.1) is 5.92 Å². The van der Waals surface area contributed by atoms with Gasteiger partial charge in [0, 0.05) is 0 Å². The van der Waals surface area contributed by atoms with Gasteiger partial charge in [0.1, 0.15) is 6.04 Å². The highest BCUT2D eigenvalue weighted by Gasteiger charge is 2.49. The minimum Gasteiger partial charge on any atom is -0.467 e. The van der Waals surface area contributed by atoms with Gasteiger partial charge in [-0.1, -0.05) is 61.6 Å². The fraction of sp³-hybridized carbons (Fsp3) is 0.333. The van der Waals surface area contributed by atoms with Gasteiger partial charge in [-0.3, -0.25) is 4.79 Å². The molecule has 0 fully saturated rings. The molecule has 3 atom stereocenters. The van der Waals surface area contributed by atoms with E-state index in [0.29, 0.717) is 4.90 Å². The third kappa shape index (κ3) is 4.29. The molecule has 1 aliphatic rings. The van der Waals surface area contributed by atoms with Crippen LogP contribution in [0.3, 0.4) is 0 Å². The van der Waals surface area contributed by atoms with Crippen LogP contribution >= 0.6 is 0 Å². The number of carbonyl (C=O) groups is 2. The molecule has 0 bridgehead atoms. The Balaban J connectivity index is 2.42. The number of nitrogens with zero attached hydrogens (tertiary/aromatic N) is 1. The molecule has 0 spiro atoms. The zero-order valence-corrected chi connectivity index (χ0v) is 13.7.